The third kappa shape index (κ3) is 1.45. The van der Waals surface area contributed by atoms with E-state index in [4.69, 9.17) is 0 Å². The lowest BCUT2D eigenvalue weighted by Gasteiger charge is -2.55. The van der Waals surface area contributed by atoms with E-state index in [-0.39, 0.29) is 11.5 Å². The predicted molar refractivity (Wildman–Crippen MR) is 88.4 cm³/mol. The Morgan fingerprint density at radius 1 is 1.23 bits per heavy atom. The second-order valence-electron chi connectivity index (χ2n) is 8.87. The monoisotopic (exact) mass is 364 g/mol. The SMILES string of the molecule is C[C@]12CC[C@H]3[C@@H](CCC4=C(Br)C(=O)CC[C@@H]43)[C@]13C[C@@H]3C[C@@H]2O. The van der Waals surface area contributed by atoms with Crippen molar-refractivity contribution in [1.82, 2.24) is 0 Å². The number of hydrogen-bond acceptors (Lipinski definition) is 2. The van der Waals surface area contributed by atoms with Gasteiger partial charge in [0.15, 0.2) is 5.78 Å². The fourth-order valence-electron chi connectivity index (χ4n) is 7.45. The Balaban J connectivity index is 1.54. The summed E-state index contributed by atoms with van der Waals surface area (Å²) in [6.45, 7) is 2.38. The lowest BCUT2D eigenvalue weighted by atomic mass is 9.49. The molecule has 0 aromatic carbocycles. The molecular formula is C19H25BrO2. The number of allylic oxidation sites excluding steroid dienone is 1. The number of ketones is 1. The minimum absolute atomic E-state index is 0.0659. The Morgan fingerprint density at radius 3 is 2.86 bits per heavy atom. The summed E-state index contributed by atoms with van der Waals surface area (Å²) in [5.41, 5.74) is 2.07. The van der Waals surface area contributed by atoms with Crippen molar-refractivity contribution in [1.29, 1.82) is 0 Å². The van der Waals surface area contributed by atoms with Gasteiger partial charge in [-0.1, -0.05) is 6.92 Å². The molecule has 7 atom stereocenters. The zero-order chi connectivity index (χ0) is 15.3. The minimum atomic E-state index is -0.0659. The topological polar surface area (TPSA) is 37.3 Å². The second-order valence-corrected chi connectivity index (χ2v) is 9.66. The molecule has 5 rings (SSSR count). The summed E-state index contributed by atoms with van der Waals surface area (Å²) in [5, 5.41) is 10.6. The van der Waals surface area contributed by atoms with Crippen molar-refractivity contribution in [3.63, 3.8) is 0 Å². The molecule has 0 saturated heterocycles. The van der Waals surface area contributed by atoms with E-state index in [1.807, 2.05) is 0 Å². The molecule has 0 aromatic heterocycles. The summed E-state index contributed by atoms with van der Waals surface area (Å²) >= 11 is 3.60. The second kappa shape index (κ2) is 4.27. The molecule has 3 heteroatoms. The highest BCUT2D eigenvalue weighted by Gasteiger charge is 2.76. The van der Waals surface area contributed by atoms with Crippen molar-refractivity contribution in [3.8, 4) is 0 Å². The normalized spacial score (nSPS) is 56.1. The highest BCUT2D eigenvalue weighted by atomic mass is 79.9. The number of Topliss-reactive ketones (excluding diaryl/α,β-unsaturated/α-hetero) is 1. The van der Waals surface area contributed by atoms with Crippen LogP contribution in [0, 0.1) is 34.5 Å². The Kier molecular flexibility index (Phi) is 2.76. The molecule has 0 amide bonds. The van der Waals surface area contributed by atoms with Gasteiger partial charge in [-0.15, -0.1) is 0 Å². The molecule has 5 aliphatic carbocycles. The summed E-state index contributed by atoms with van der Waals surface area (Å²) in [7, 11) is 0. The lowest BCUT2D eigenvalue weighted by Crippen LogP contribution is -2.50. The van der Waals surface area contributed by atoms with Crippen molar-refractivity contribution in [2.45, 2.75) is 64.4 Å². The van der Waals surface area contributed by atoms with Crippen molar-refractivity contribution in [2.75, 3.05) is 0 Å². The molecule has 0 radical (unpaired) electrons. The van der Waals surface area contributed by atoms with Gasteiger partial charge in [0.2, 0.25) is 0 Å². The number of aliphatic hydroxyl groups excluding tert-OH is 1. The molecule has 2 nitrogen and oxygen atoms in total. The summed E-state index contributed by atoms with van der Waals surface area (Å²) in [4.78, 5) is 12.0. The van der Waals surface area contributed by atoms with Crippen LogP contribution in [-0.4, -0.2) is 17.0 Å². The maximum absolute atomic E-state index is 12.0. The first-order valence-electron chi connectivity index (χ1n) is 9.09. The first kappa shape index (κ1) is 14.2. The minimum Gasteiger partial charge on any atom is -0.393 e. The quantitative estimate of drug-likeness (QED) is 0.698. The summed E-state index contributed by atoms with van der Waals surface area (Å²) < 4.78 is 0.923. The molecule has 120 valence electrons. The van der Waals surface area contributed by atoms with Crippen LogP contribution in [0.2, 0.25) is 0 Å². The van der Waals surface area contributed by atoms with Crippen LogP contribution in [0.1, 0.15) is 58.3 Å². The number of carbonyl (C=O) groups is 1. The van der Waals surface area contributed by atoms with Gasteiger partial charge >= 0.3 is 0 Å². The number of halogens is 1. The molecule has 4 fully saturated rings. The Labute approximate surface area is 140 Å². The van der Waals surface area contributed by atoms with Crippen LogP contribution in [0.3, 0.4) is 0 Å². The van der Waals surface area contributed by atoms with Gasteiger partial charge in [-0.05, 0) is 101 Å². The van der Waals surface area contributed by atoms with Crippen LogP contribution in [0.25, 0.3) is 0 Å². The molecule has 1 N–H and O–H groups in total. The molecule has 1 spiro atoms. The molecule has 4 saturated carbocycles. The number of hydrogen-bond donors (Lipinski definition) is 1. The fourth-order valence-corrected chi connectivity index (χ4v) is 8.14. The van der Waals surface area contributed by atoms with Gasteiger partial charge in [0.05, 0.1) is 10.6 Å². The van der Waals surface area contributed by atoms with Crippen LogP contribution in [0.15, 0.2) is 10.1 Å². The van der Waals surface area contributed by atoms with Crippen molar-refractivity contribution in [2.24, 2.45) is 34.5 Å². The molecule has 0 aliphatic heterocycles. The molecule has 5 aliphatic rings. The van der Waals surface area contributed by atoms with E-state index in [1.54, 1.807) is 0 Å². The molecular weight excluding hydrogens is 340 g/mol. The molecule has 22 heavy (non-hydrogen) atoms. The predicted octanol–water partition coefficient (Wildman–Crippen LogP) is 4.21. The summed E-state index contributed by atoms with van der Waals surface area (Å²) in [6, 6.07) is 0. The van der Waals surface area contributed by atoms with Gasteiger partial charge in [0.1, 0.15) is 0 Å². The van der Waals surface area contributed by atoms with E-state index in [0.717, 1.165) is 47.9 Å². The van der Waals surface area contributed by atoms with Gasteiger partial charge in [-0.2, -0.15) is 0 Å². The molecule has 0 heterocycles. The maximum atomic E-state index is 12.0. The van der Waals surface area contributed by atoms with Crippen molar-refractivity contribution >= 4 is 21.7 Å². The van der Waals surface area contributed by atoms with Crippen LogP contribution >= 0.6 is 15.9 Å². The number of rotatable bonds is 0. The van der Waals surface area contributed by atoms with E-state index in [9.17, 15) is 9.90 Å². The Bertz CT molecular complexity index is 596. The average molecular weight is 365 g/mol. The Morgan fingerprint density at radius 2 is 2.05 bits per heavy atom. The zero-order valence-corrected chi connectivity index (χ0v) is 14.9. The number of aliphatic hydroxyl groups is 1. The average Bonchev–Trinajstić information content (AvgIpc) is 3.16. The van der Waals surface area contributed by atoms with E-state index >= 15 is 0 Å². The third-order valence-electron chi connectivity index (χ3n) is 8.53. The van der Waals surface area contributed by atoms with Gasteiger partial charge in [-0.25, -0.2) is 0 Å². The highest BCUT2D eigenvalue weighted by molar-refractivity contribution is 9.12. The summed E-state index contributed by atoms with van der Waals surface area (Å²) in [5.74, 6) is 3.33. The van der Waals surface area contributed by atoms with E-state index in [1.165, 1.54) is 31.3 Å². The smallest absolute Gasteiger partial charge is 0.169 e. The largest absolute Gasteiger partial charge is 0.393 e. The molecule has 0 aromatic rings. The van der Waals surface area contributed by atoms with Gasteiger partial charge < -0.3 is 5.11 Å². The zero-order valence-electron chi connectivity index (χ0n) is 13.3. The van der Waals surface area contributed by atoms with Gasteiger partial charge in [0, 0.05) is 6.42 Å². The molecule has 0 unspecified atom stereocenters. The van der Waals surface area contributed by atoms with Gasteiger partial charge in [0.25, 0.3) is 0 Å². The first-order chi connectivity index (χ1) is 10.5. The van der Waals surface area contributed by atoms with Crippen LogP contribution in [-0.2, 0) is 4.79 Å². The maximum Gasteiger partial charge on any atom is 0.169 e. The van der Waals surface area contributed by atoms with Crippen LogP contribution < -0.4 is 0 Å². The third-order valence-corrected chi connectivity index (χ3v) is 9.48. The summed E-state index contributed by atoms with van der Waals surface area (Å²) in [6.07, 6.45) is 8.97. The van der Waals surface area contributed by atoms with Crippen LogP contribution in [0.5, 0.6) is 0 Å². The van der Waals surface area contributed by atoms with Crippen LogP contribution in [0.4, 0.5) is 0 Å². The van der Waals surface area contributed by atoms with Crippen molar-refractivity contribution in [3.05, 3.63) is 10.1 Å². The number of fused-ring (bicyclic) bond motifs is 3. The van der Waals surface area contributed by atoms with E-state index in [2.05, 4.69) is 22.9 Å². The first-order valence-corrected chi connectivity index (χ1v) is 9.88. The standard InChI is InChI=1S/C19H25BrO2/c1-18-7-6-12-11-3-5-15(21)17(20)13(11)2-4-14(12)19(18)9-10(19)8-16(18)22/h10-12,14,16,22H,2-9H2,1H3/t10-,11+,12+,14+,16-,18+,19+/m0/s1. The Hall–Kier alpha value is -0.150. The van der Waals surface area contributed by atoms with Crippen molar-refractivity contribution < 1.29 is 9.90 Å². The van der Waals surface area contributed by atoms with E-state index < -0.39 is 0 Å². The highest BCUT2D eigenvalue weighted by Crippen LogP contribution is 2.81. The van der Waals surface area contributed by atoms with Gasteiger partial charge in [-0.3, -0.25) is 4.79 Å². The molecule has 0 bridgehead atoms. The number of carbonyl (C=O) groups excluding carboxylic acids is 1. The van der Waals surface area contributed by atoms with E-state index in [0.29, 0.717) is 17.1 Å². The fraction of sp³-hybridized carbons (Fsp3) is 0.842. The lowest BCUT2D eigenvalue weighted by molar-refractivity contribution is -0.117.